The molecule has 0 aliphatic carbocycles. The van der Waals surface area contributed by atoms with Crippen LogP contribution in [0.1, 0.15) is 19.3 Å². The number of amides is 1. The molecule has 0 spiro atoms. The van der Waals surface area contributed by atoms with Gasteiger partial charge in [0.15, 0.2) is 9.84 Å². The first kappa shape index (κ1) is 21.9. The Morgan fingerprint density at radius 1 is 1.03 bits per heavy atom. The predicted molar refractivity (Wildman–Crippen MR) is 112 cm³/mol. The zero-order valence-corrected chi connectivity index (χ0v) is 18.3. The van der Waals surface area contributed by atoms with Gasteiger partial charge in [-0.2, -0.15) is 4.31 Å². The minimum Gasteiger partial charge on any atom is -0.356 e. The lowest BCUT2D eigenvalue weighted by atomic mass is 9.97. The summed E-state index contributed by atoms with van der Waals surface area (Å²) in [5.74, 6) is -0.430. The first-order valence-corrected chi connectivity index (χ1v) is 13.4. The molecule has 1 saturated heterocycles. The van der Waals surface area contributed by atoms with Crippen LogP contribution in [0, 0.1) is 5.92 Å². The number of benzene rings is 1. The highest BCUT2D eigenvalue weighted by molar-refractivity contribution is 7.91. The number of nitrogens with zero attached hydrogens (tertiary/aromatic N) is 1. The second-order valence-corrected chi connectivity index (χ2v) is 12.1. The number of sulfonamides is 1. The summed E-state index contributed by atoms with van der Waals surface area (Å²) in [6, 6.07) is 11.5. The average molecular weight is 457 g/mol. The topological polar surface area (TPSA) is 101 Å². The summed E-state index contributed by atoms with van der Waals surface area (Å²) in [7, 11) is -6.83. The van der Waals surface area contributed by atoms with Gasteiger partial charge in [-0.25, -0.2) is 16.8 Å². The molecule has 2 aromatic rings. The number of sulfone groups is 1. The highest BCUT2D eigenvalue weighted by atomic mass is 32.2. The lowest BCUT2D eigenvalue weighted by molar-refractivity contribution is -0.126. The Labute approximate surface area is 175 Å². The summed E-state index contributed by atoms with van der Waals surface area (Å²) >= 11 is 1.19. The maximum atomic E-state index is 12.5. The van der Waals surface area contributed by atoms with Crippen molar-refractivity contribution in [1.29, 1.82) is 0 Å². The lowest BCUT2D eigenvalue weighted by Crippen LogP contribution is -2.43. The van der Waals surface area contributed by atoms with Crippen molar-refractivity contribution < 1.29 is 21.6 Å². The molecule has 0 unspecified atom stereocenters. The van der Waals surface area contributed by atoms with E-state index in [9.17, 15) is 21.6 Å². The number of carbonyl (C=O) groups excluding carboxylic acids is 1. The molecule has 0 bridgehead atoms. The fraction of sp³-hybridized carbons (Fsp3) is 0.421. The van der Waals surface area contributed by atoms with Gasteiger partial charge in [-0.05, 0) is 42.8 Å². The van der Waals surface area contributed by atoms with Crippen molar-refractivity contribution in [3.63, 3.8) is 0 Å². The first-order chi connectivity index (χ1) is 13.8. The average Bonchev–Trinajstić information content (AvgIpc) is 3.28. The molecule has 0 radical (unpaired) electrons. The molecule has 1 aromatic carbocycles. The maximum absolute atomic E-state index is 12.5. The van der Waals surface area contributed by atoms with Gasteiger partial charge in [0.05, 0.1) is 10.6 Å². The van der Waals surface area contributed by atoms with Crippen molar-refractivity contribution in [2.75, 3.05) is 25.4 Å². The van der Waals surface area contributed by atoms with Crippen LogP contribution in [0.5, 0.6) is 0 Å². The van der Waals surface area contributed by atoms with E-state index in [1.165, 1.54) is 15.6 Å². The molecule has 1 aliphatic rings. The zero-order chi connectivity index (χ0) is 20.9. The Kier molecular flexibility index (Phi) is 7.10. The third kappa shape index (κ3) is 5.44. The number of carbonyl (C=O) groups is 1. The normalized spacial score (nSPS) is 16.6. The molecule has 1 aliphatic heterocycles. The van der Waals surface area contributed by atoms with Gasteiger partial charge in [-0.1, -0.05) is 24.3 Å². The van der Waals surface area contributed by atoms with E-state index in [1.807, 2.05) is 0 Å². The second-order valence-electron chi connectivity index (χ2n) is 6.89. The molecular formula is C19H24N2O5S3. The van der Waals surface area contributed by atoms with E-state index in [2.05, 4.69) is 5.32 Å². The number of hydrogen-bond acceptors (Lipinski definition) is 6. The van der Waals surface area contributed by atoms with Crippen molar-refractivity contribution in [3.8, 4) is 0 Å². The Bertz CT molecular complexity index is 1010. The summed E-state index contributed by atoms with van der Waals surface area (Å²) in [4.78, 5) is 12.6. The van der Waals surface area contributed by atoms with Gasteiger partial charge in [0, 0.05) is 25.6 Å². The predicted octanol–water partition coefficient (Wildman–Crippen LogP) is 2.13. The Morgan fingerprint density at radius 3 is 2.34 bits per heavy atom. The number of rotatable bonds is 8. The summed E-state index contributed by atoms with van der Waals surface area (Å²) in [5, 5.41) is 4.52. The van der Waals surface area contributed by atoms with Crippen LogP contribution < -0.4 is 5.32 Å². The molecular weight excluding hydrogens is 432 g/mol. The van der Waals surface area contributed by atoms with E-state index in [4.69, 9.17) is 0 Å². The number of hydrogen-bond donors (Lipinski definition) is 1. The maximum Gasteiger partial charge on any atom is 0.252 e. The smallest absolute Gasteiger partial charge is 0.252 e. The molecule has 1 fully saturated rings. The van der Waals surface area contributed by atoms with E-state index >= 15 is 0 Å². The van der Waals surface area contributed by atoms with Gasteiger partial charge in [-0.15, -0.1) is 11.3 Å². The van der Waals surface area contributed by atoms with Gasteiger partial charge < -0.3 is 5.32 Å². The molecule has 158 valence electrons. The van der Waals surface area contributed by atoms with Crippen LogP contribution in [0.25, 0.3) is 0 Å². The molecule has 29 heavy (non-hydrogen) atoms. The largest absolute Gasteiger partial charge is 0.356 e. The molecule has 0 saturated carbocycles. The standard InChI is InChI=1S/C19H24N2O5S3/c22-19(20-11-5-15-28(23,24)17-6-2-1-3-7-17)16-9-12-21(13-10-16)29(25,26)18-8-4-14-27-18/h1-4,6-8,14,16H,5,9-13,15H2,(H,20,22). The fourth-order valence-electron chi connectivity index (χ4n) is 3.26. The van der Waals surface area contributed by atoms with Crippen LogP contribution in [0.3, 0.4) is 0 Å². The zero-order valence-electron chi connectivity index (χ0n) is 15.9. The minimum atomic E-state index is -3.48. The third-order valence-electron chi connectivity index (χ3n) is 4.91. The van der Waals surface area contributed by atoms with Crippen molar-refractivity contribution in [2.45, 2.75) is 28.4 Å². The molecule has 1 N–H and O–H groups in total. The van der Waals surface area contributed by atoms with Gasteiger partial charge in [-0.3, -0.25) is 4.79 Å². The molecule has 0 atom stereocenters. The molecule has 2 heterocycles. The quantitative estimate of drug-likeness (QED) is 0.614. The van der Waals surface area contributed by atoms with E-state index in [1.54, 1.807) is 47.8 Å². The van der Waals surface area contributed by atoms with Crippen LogP contribution in [0.2, 0.25) is 0 Å². The van der Waals surface area contributed by atoms with Gasteiger partial charge in [0.2, 0.25) is 5.91 Å². The van der Waals surface area contributed by atoms with Crippen molar-refractivity contribution in [3.05, 3.63) is 47.8 Å². The lowest BCUT2D eigenvalue weighted by Gasteiger charge is -2.30. The molecule has 3 rings (SSSR count). The summed E-state index contributed by atoms with van der Waals surface area (Å²) < 4.78 is 51.3. The van der Waals surface area contributed by atoms with Gasteiger partial charge in [0.25, 0.3) is 10.0 Å². The van der Waals surface area contributed by atoms with Crippen LogP contribution >= 0.6 is 11.3 Å². The highest BCUT2D eigenvalue weighted by Gasteiger charge is 2.32. The number of nitrogens with one attached hydrogen (secondary N) is 1. The summed E-state index contributed by atoms with van der Waals surface area (Å²) in [6.45, 7) is 0.889. The Hall–Kier alpha value is -1.75. The minimum absolute atomic E-state index is 0.0329. The molecule has 1 aromatic heterocycles. The highest BCUT2D eigenvalue weighted by Crippen LogP contribution is 2.26. The van der Waals surface area contributed by atoms with Crippen molar-refractivity contribution in [1.82, 2.24) is 9.62 Å². The molecule has 10 heteroatoms. The van der Waals surface area contributed by atoms with Crippen molar-refractivity contribution >= 4 is 37.1 Å². The summed E-state index contributed by atoms with van der Waals surface area (Å²) in [5.41, 5.74) is 0. The van der Waals surface area contributed by atoms with Gasteiger partial charge in [0.1, 0.15) is 4.21 Å². The molecule has 7 nitrogen and oxygen atoms in total. The van der Waals surface area contributed by atoms with Crippen LogP contribution in [-0.2, 0) is 24.7 Å². The first-order valence-electron chi connectivity index (χ1n) is 9.40. The SMILES string of the molecule is O=C(NCCCS(=O)(=O)c1ccccc1)C1CCN(S(=O)(=O)c2cccs2)CC1. The summed E-state index contributed by atoms with van der Waals surface area (Å²) in [6.07, 6.45) is 1.24. The van der Waals surface area contributed by atoms with Crippen LogP contribution in [0.15, 0.2) is 56.9 Å². The fourth-order valence-corrected chi connectivity index (χ4v) is 7.21. The van der Waals surface area contributed by atoms with E-state index < -0.39 is 19.9 Å². The van der Waals surface area contributed by atoms with Gasteiger partial charge >= 0.3 is 0 Å². The van der Waals surface area contributed by atoms with Crippen molar-refractivity contribution in [2.24, 2.45) is 5.92 Å². The Balaban J connectivity index is 1.42. The third-order valence-corrected chi connectivity index (χ3v) is 9.99. The number of piperidine rings is 1. The monoisotopic (exact) mass is 456 g/mol. The molecule has 1 amide bonds. The number of thiophene rings is 1. The van der Waals surface area contributed by atoms with Crippen LogP contribution in [-0.4, -0.2) is 52.4 Å². The van der Waals surface area contributed by atoms with E-state index in [0.717, 1.165) is 0 Å². The second kappa shape index (κ2) is 9.38. The Morgan fingerprint density at radius 2 is 1.72 bits per heavy atom. The van der Waals surface area contributed by atoms with E-state index in [-0.39, 0.29) is 29.0 Å². The van der Waals surface area contributed by atoms with Crippen LogP contribution in [0.4, 0.5) is 0 Å². The van der Waals surface area contributed by atoms with E-state index in [0.29, 0.717) is 36.6 Å².